The number of rotatable bonds is 2. The van der Waals surface area contributed by atoms with Crippen LogP contribution in [0.2, 0.25) is 0 Å². The van der Waals surface area contributed by atoms with Crippen LogP contribution >= 0.6 is 15.9 Å². The van der Waals surface area contributed by atoms with Crippen LogP contribution in [0.15, 0.2) is 23.1 Å². The lowest BCUT2D eigenvalue weighted by atomic mass is 10.3. The fraction of sp³-hybridized carbons (Fsp3) is 0.182. The Balaban J connectivity index is 2.59. The van der Waals surface area contributed by atoms with Crippen molar-refractivity contribution in [2.75, 3.05) is 0 Å². The molecular formula is C11H10BrN3O. The van der Waals surface area contributed by atoms with E-state index in [9.17, 15) is 4.79 Å². The zero-order valence-corrected chi connectivity index (χ0v) is 10.5. The second-order valence-corrected chi connectivity index (χ2v) is 4.29. The molecule has 2 aromatic rings. The lowest BCUT2D eigenvalue weighted by molar-refractivity contribution is 0.112. The first-order valence-corrected chi connectivity index (χ1v) is 5.55. The van der Waals surface area contributed by atoms with Crippen molar-refractivity contribution in [1.82, 2.24) is 14.5 Å². The van der Waals surface area contributed by atoms with Crippen LogP contribution in [0.4, 0.5) is 0 Å². The zero-order valence-electron chi connectivity index (χ0n) is 8.94. The maximum absolute atomic E-state index is 10.8. The van der Waals surface area contributed by atoms with Gasteiger partial charge in [-0.05, 0) is 35.8 Å². The predicted octanol–water partition coefficient (Wildman–Crippen LogP) is 2.46. The minimum absolute atomic E-state index is 0.683. The molecule has 0 aliphatic carbocycles. The normalized spacial score (nSPS) is 10.4. The van der Waals surface area contributed by atoms with Gasteiger partial charge in [0.25, 0.3) is 0 Å². The first kappa shape index (κ1) is 11.0. The molecule has 4 nitrogen and oxygen atoms in total. The highest BCUT2D eigenvalue weighted by Crippen LogP contribution is 2.18. The highest BCUT2D eigenvalue weighted by atomic mass is 79.9. The quantitative estimate of drug-likeness (QED) is 0.794. The summed E-state index contributed by atoms with van der Waals surface area (Å²) in [6.45, 7) is 3.82. The van der Waals surface area contributed by atoms with E-state index in [0.29, 0.717) is 16.0 Å². The molecule has 82 valence electrons. The van der Waals surface area contributed by atoms with Crippen molar-refractivity contribution in [3.8, 4) is 5.82 Å². The minimum atomic E-state index is 0.683. The van der Waals surface area contributed by atoms with Crippen LogP contribution in [-0.2, 0) is 0 Å². The highest BCUT2D eigenvalue weighted by molar-refractivity contribution is 9.10. The summed E-state index contributed by atoms with van der Waals surface area (Å²) in [5.74, 6) is 0.714. The topological polar surface area (TPSA) is 47.8 Å². The molecule has 0 radical (unpaired) electrons. The molecule has 16 heavy (non-hydrogen) atoms. The Morgan fingerprint density at radius 3 is 2.56 bits per heavy atom. The number of aldehydes is 1. The fourth-order valence-electron chi connectivity index (χ4n) is 1.68. The zero-order chi connectivity index (χ0) is 11.7. The molecule has 0 aromatic carbocycles. The SMILES string of the molecule is Cc1cc(C=O)c(C)n1-c1cnc(Br)cn1. The summed E-state index contributed by atoms with van der Waals surface area (Å²) in [5.41, 5.74) is 2.53. The largest absolute Gasteiger partial charge is 0.301 e. The molecule has 5 heteroatoms. The fourth-order valence-corrected chi connectivity index (χ4v) is 1.89. The Morgan fingerprint density at radius 1 is 1.31 bits per heavy atom. The van der Waals surface area contributed by atoms with E-state index >= 15 is 0 Å². The average Bonchev–Trinajstić information content (AvgIpc) is 2.56. The van der Waals surface area contributed by atoms with E-state index in [0.717, 1.165) is 17.7 Å². The summed E-state index contributed by atoms with van der Waals surface area (Å²) in [6, 6.07) is 1.84. The first-order valence-electron chi connectivity index (χ1n) is 4.75. The van der Waals surface area contributed by atoms with Gasteiger partial charge >= 0.3 is 0 Å². The summed E-state index contributed by atoms with van der Waals surface area (Å²) >= 11 is 3.23. The summed E-state index contributed by atoms with van der Waals surface area (Å²) in [7, 11) is 0. The third-order valence-corrected chi connectivity index (χ3v) is 2.84. The van der Waals surface area contributed by atoms with Gasteiger partial charge in [0, 0.05) is 17.0 Å². The standard InChI is InChI=1S/C11H10BrN3O/c1-7-3-9(6-16)8(2)15(7)11-5-13-10(12)4-14-11/h3-6H,1-2H3. The molecule has 0 unspecified atom stereocenters. The van der Waals surface area contributed by atoms with Gasteiger partial charge in [0.05, 0.1) is 12.4 Å². The third-order valence-electron chi connectivity index (χ3n) is 2.43. The number of hydrogen-bond donors (Lipinski definition) is 0. The Morgan fingerprint density at radius 2 is 2.06 bits per heavy atom. The van der Waals surface area contributed by atoms with Crippen LogP contribution in [0, 0.1) is 13.8 Å². The molecule has 2 rings (SSSR count). The lowest BCUT2D eigenvalue weighted by Gasteiger charge is -2.07. The smallest absolute Gasteiger partial charge is 0.155 e. The van der Waals surface area contributed by atoms with Gasteiger partial charge in [0.2, 0.25) is 0 Å². The highest BCUT2D eigenvalue weighted by Gasteiger charge is 2.10. The molecule has 2 aromatic heterocycles. The van der Waals surface area contributed by atoms with E-state index < -0.39 is 0 Å². The predicted molar refractivity (Wildman–Crippen MR) is 63.9 cm³/mol. The minimum Gasteiger partial charge on any atom is -0.301 e. The van der Waals surface area contributed by atoms with Gasteiger partial charge in [0.1, 0.15) is 4.60 Å². The summed E-state index contributed by atoms with van der Waals surface area (Å²) in [4.78, 5) is 19.2. The molecule has 0 aliphatic rings. The number of nitrogens with zero attached hydrogens (tertiary/aromatic N) is 3. The Kier molecular flexibility index (Phi) is 2.87. The van der Waals surface area contributed by atoms with Crippen LogP contribution in [0.25, 0.3) is 5.82 Å². The van der Waals surface area contributed by atoms with Gasteiger partial charge < -0.3 is 4.57 Å². The van der Waals surface area contributed by atoms with Gasteiger partial charge in [-0.2, -0.15) is 0 Å². The Hall–Kier alpha value is -1.49. The molecular weight excluding hydrogens is 270 g/mol. The molecule has 0 atom stereocenters. The second kappa shape index (κ2) is 4.17. The lowest BCUT2D eigenvalue weighted by Crippen LogP contribution is -2.02. The Labute approximate surface area is 101 Å². The van der Waals surface area contributed by atoms with E-state index in [2.05, 4.69) is 25.9 Å². The Bertz CT molecular complexity index is 531. The maximum Gasteiger partial charge on any atom is 0.155 e. The number of aryl methyl sites for hydroxylation is 1. The maximum atomic E-state index is 10.8. The molecule has 0 aliphatic heterocycles. The van der Waals surface area contributed by atoms with Crippen molar-refractivity contribution in [2.45, 2.75) is 13.8 Å². The number of aromatic nitrogens is 3. The molecule has 0 saturated heterocycles. The van der Waals surface area contributed by atoms with Crippen LogP contribution in [0.3, 0.4) is 0 Å². The monoisotopic (exact) mass is 279 g/mol. The van der Waals surface area contributed by atoms with E-state index in [1.54, 1.807) is 12.4 Å². The number of carbonyl (C=O) groups is 1. The van der Waals surface area contributed by atoms with Gasteiger partial charge in [0.15, 0.2) is 12.1 Å². The number of hydrogen-bond acceptors (Lipinski definition) is 3. The molecule has 2 heterocycles. The van der Waals surface area contributed by atoms with Crippen molar-refractivity contribution >= 4 is 22.2 Å². The summed E-state index contributed by atoms with van der Waals surface area (Å²) in [5, 5.41) is 0. The van der Waals surface area contributed by atoms with Crippen molar-refractivity contribution in [2.24, 2.45) is 0 Å². The summed E-state index contributed by atoms with van der Waals surface area (Å²) in [6.07, 6.45) is 4.15. The van der Waals surface area contributed by atoms with E-state index in [1.165, 1.54) is 0 Å². The van der Waals surface area contributed by atoms with Crippen LogP contribution in [0.1, 0.15) is 21.7 Å². The summed E-state index contributed by atoms with van der Waals surface area (Å²) < 4.78 is 2.60. The average molecular weight is 280 g/mol. The van der Waals surface area contributed by atoms with Crippen LogP contribution < -0.4 is 0 Å². The molecule has 0 amide bonds. The number of carbonyl (C=O) groups excluding carboxylic acids is 1. The van der Waals surface area contributed by atoms with Gasteiger partial charge in [-0.1, -0.05) is 0 Å². The van der Waals surface area contributed by atoms with Crippen molar-refractivity contribution in [3.05, 3.63) is 40.0 Å². The van der Waals surface area contributed by atoms with Crippen molar-refractivity contribution in [1.29, 1.82) is 0 Å². The van der Waals surface area contributed by atoms with Crippen LogP contribution in [0.5, 0.6) is 0 Å². The molecule has 0 N–H and O–H groups in total. The van der Waals surface area contributed by atoms with E-state index in [4.69, 9.17) is 0 Å². The van der Waals surface area contributed by atoms with E-state index in [1.807, 2.05) is 24.5 Å². The van der Waals surface area contributed by atoms with Crippen LogP contribution in [-0.4, -0.2) is 20.8 Å². The molecule has 0 fully saturated rings. The van der Waals surface area contributed by atoms with Gasteiger partial charge in [-0.25, -0.2) is 9.97 Å². The molecule has 0 spiro atoms. The van der Waals surface area contributed by atoms with Gasteiger partial charge in [-0.3, -0.25) is 4.79 Å². The second-order valence-electron chi connectivity index (χ2n) is 3.48. The first-order chi connectivity index (χ1) is 7.63. The molecule has 0 saturated carbocycles. The number of halogens is 1. The van der Waals surface area contributed by atoms with Crippen molar-refractivity contribution < 1.29 is 4.79 Å². The van der Waals surface area contributed by atoms with E-state index in [-0.39, 0.29) is 0 Å². The molecule has 0 bridgehead atoms. The van der Waals surface area contributed by atoms with Crippen molar-refractivity contribution in [3.63, 3.8) is 0 Å². The van der Waals surface area contributed by atoms with Gasteiger partial charge in [-0.15, -0.1) is 0 Å². The third kappa shape index (κ3) is 1.78.